The van der Waals surface area contributed by atoms with Gasteiger partial charge in [0.15, 0.2) is 17.7 Å². The first-order chi connectivity index (χ1) is 12.0. The maximum atomic E-state index is 12.8. The molecule has 1 amide bonds. The van der Waals surface area contributed by atoms with Gasteiger partial charge in [-0.15, -0.1) is 0 Å². The number of nitrogens with zero attached hydrogens (tertiary/aromatic N) is 2. The van der Waals surface area contributed by atoms with Crippen molar-refractivity contribution in [3.05, 3.63) is 36.4 Å². The Kier molecular flexibility index (Phi) is 4.65. The number of hydrogen-bond donors (Lipinski definition) is 2. The number of rotatable bonds is 5. The van der Waals surface area contributed by atoms with Gasteiger partial charge in [0.2, 0.25) is 0 Å². The molecule has 0 bridgehead atoms. The molecule has 1 aliphatic heterocycles. The zero-order chi connectivity index (χ0) is 18.0. The summed E-state index contributed by atoms with van der Waals surface area (Å²) < 4.78 is 11.5. The highest BCUT2D eigenvalue weighted by Crippen LogP contribution is 2.34. The van der Waals surface area contributed by atoms with E-state index in [0.717, 1.165) is 0 Å². The summed E-state index contributed by atoms with van der Waals surface area (Å²) in [4.78, 5) is 18.6. The molecule has 0 aliphatic carbocycles. The smallest absolute Gasteiger partial charge is 0.269 e. The van der Waals surface area contributed by atoms with Gasteiger partial charge in [-0.2, -0.15) is 0 Å². The highest BCUT2D eigenvalue weighted by Gasteiger charge is 2.37. The van der Waals surface area contributed by atoms with E-state index in [4.69, 9.17) is 20.9 Å². The Hall–Kier alpha value is -2.96. The number of carbonyl (C=O) groups excluding carboxylic acids is 1. The van der Waals surface area contributed by atoms with E-state index in [1.807, 2.05) is 26.0 Å². The fraction of sp³-hybridized carbons (Fsp3) is 0.333. The molecule has 7 nitrogen and oxygen atoms in total. The van der Waals surface area contributed by atoms with E-state index < -0.39 is 6.10 Å². The Bertz CT molecular complexity index is 779. The predicted octanol–water partition coefficient (Wildman–Crippen LogP) is 2.08. The summed E-state index contributed by atoms with van der Waals surface area (Å²) in [5, 5.41) is 0. The lowest BCUT2D eigenvalue weighted by molar-refractivity contribution is -0.128. The summed E-state index contributed by atoms with van der Waals surface area (Å²) >= 11 is 0. The number of fused-ring (bicyclic) bond motifs is 1. The van der Waals surface area contributed by atoms with Crippen molar-refractivity contribution in [2.75, 3.05) is 29.5 Å². The van der Waals surface area contributed by atoms with Crippen molar-refractivity contribution in [1.29, 1.82) is 0 Å². The van der Waals surface area contributed by atoms with Crippen LogP contribution in [0.4, 0.5) is 17.3 Å². The quantitative estimate of drug-likeness (QED) is 0.806. The van der Waals surface area contributed by atoms with Gasteiger partial charge in [-0.25, -0.2) is 4.98 Å². The highest BCUT2D eigenvalue weighted by molar-refractivity contribution is 5.99. The number of nitrogen functional groups attached to an aromatic ring is 2. The Labute approximate surface area is 146 Å². The molecule has 0 saturated carbocycles. The molecule has 2 heterocycles. The number of benzene rings is 1. The summed E-state index contributed by atoms with van der Waals surface area (Å²) in [6, 6.07) is 10.6. The van der Waals surface area contributed by atoms with Gasteiger partial charge in [0.1, 0.15) is 18.2 Å². The minimum absolute atomic E-state index is 0.0375. The van der Waals surface area contributed by atoms with E-state index >= 15 is 0 Å². The second-order valence-corrected chi connectivity index (χ2v) is 6.25. The molecule has 0 spiro atoms. The third-order valence-corrected chi connectivity index (χ3v) is 3.93. The number of amides is 1. The van der Waals surface area contributed by atoms with Crippen molar-refractivity contribution in [3.63, 3.8) is 0 Å². The van der Waals surface area contributed by atoms with E-state index in [1.54, 1.807) is 29.2 Å². The normalized spacial score (nSPS) is 16.5. The number of pyridine rings is 1. The monoisotopic (exact) mass is 342 g/mol. The molecular formula is C18H22N4O3. The second-order valence-electron chi connectivity index (χ2n) is 6.25. The third-order valence-electron chi connectivity index (χ3n) is 3.93. The Balaban J connectivity index is 1.78. The standard InChI is InChI=1S/C18H22N4O3/c1-11(2)16-18(23)22(17-14(25-16)6-7-15(20)21-17)8-9-24-13-5-3-4-12(19)10-13/h3-7,10-11,16H,8-9,19H2,1-2H3,(H2,20,21). The van der Waals surface area contributed by atoms with Gasteiger partial charge in [0.25, 0.3) is 5.91 Å². The fourth-order valence-corrected chi connectivity index (χ4v) is 2.68. The molecule has 0 fully saturated rings. The first kappa shape index (κ1) is 16.9. The summed E-state index contributed by atoms with van der Waals surface area (Å²) in [5.41, 5.74) is 12.1. The minimum atomic E-state index is -0.551. The van der Waals surface area contributed by atoms with Crippen LogP contribution in [0, 0.1) is 5.92 Å². The second kappa shape index (κ2) is 6.88. The molecule has 1 aromatic heterocycles. The molecule has 132 valence electrons. The number of carbonyl (C=O) groups is 1. The van der Waals surface area contributed by atoms with Gasteiger partial charge in [-0.05, 0) is 30.2 Å². The van der Waals surface area contributed by atoms with Gasteiger partial charge >= 0.3 is 0 Å². The Morgan fingerprint density at radius 2 is 2.08 bits per heavy atom. The van der Waals surface area contributed by atoms with Gasteiger partial charge in [-0.1, -0.05) is 19.9 Å². The van der Waals surface area contributed by atoms with Gasteiger partial charge in [-0.3, -0.25) is 9.69 Å². The van der Waals surface area contributed by atoms with Crippen molar-refractivity contribution in [3.8, 4) is 11.5 Å². The fourth-order valence-electron chi connectivity index (χ4n) is 2.68. The largest absolute Gasteiger partial charge is 0.492 e. The van der Waals surface area contributed by atoms with Crippen LogP contribution < -0.4 is 25.8 Å². The molecule has 1 aliphatic rings. The molecule has 0 saturated heterocycles. The number of anilines is 3. The summed E-state index contributed by atoms with van der Waals surface area (Å²) in [6.45, 7) is 4.53. The van der Waals surface area contributed by atoms with Crippen LogP contribution in [0.25, 0.3) is 0 Å². The van der Waals surface area contributed by atoms with Crippen molar-refractivity contribution >= 4 is 23.2 Å². The van der Waals surface area contributed by atoms with Crippen LogP contribution >= 0.6 is 0 Å². The number of nitrogens with two attached hydrogens (primary N) is 2. The maximum Gasteiger partial charge on any atom is 0.269 e. The van der Waals surface area contributed by atoms with Crippen LogP contribution in [0.5, 0.6) is 11.5 Å². The SMILES string of the molecule is CC(C)C1Oc2ccc(N)nc2N(CCOc2cccc(N)c2)C1=O. The van der Waals surface area contributed by atoms with Crippen LogP contribution in [-0.2, 0) is 4.79 Å². The van der Waals surface area contributed by atoms with Crippen molar-refractivity contribution in [2.24, 2.45) is 5.92 Å². The molecule has 0 radical (unpaired) electrons. The lowest BCUT2D eigenvalue weighted by Crippen LogP contribution is -2.50. The molecule has 7 heteroatoms. The molecule has 3 rings (SSSR count). The Morgan fingerprint density at radius 1 is 1.28 bits per heavy atom. The summed E-state index contributed by atoms with van der Waals surface area (Å²) in [5.74, 6) is 1.86. The van der Waals surface area contributed by atoms with E-state index in [0.29, 0.717) is 42.0 Å². The minimum Gasteiger partial charge on any atom is -0.492 e. The van der Waals surface area contributed by atoms with E-state index in [2.05, 4.69) is 4.98 Å². The highest BCUT2D eigenvalue weighted by atomic mass is 16.5. The van der Waals surface area contributed by atoms with E-state index in [1.165, 1.54) is 0 Å². The lowest BCUT2D eigenvalue weighted by Gasteiger charge is -2.35. The number of ether oxygens (including phenoxy) is 2. The molecule has 1 unspecified atom stereocenters. The lowest BCUT2D eigenvalue weighted by atomic mass is 10.0. The summed E-state index contributed by atoms with van der Waals surface area (Å²) in [7, 11) is 0. The average Bonchev–Trinajstić information content (AvgIpc) is 2.56. The van der Waals surface area contributed by atoms with E-state index in [9.17, 15) is 4.79 Å². The zero-order valence-corrected chi connectivity index (χ0v) is 14.3. The van der Waals surface area contributed by atoms with E-state index in [-0.39, 0.29) is 11.8 Å². The van der Waals surface area contributed by atoms with Gasteiger partial charge in [0.05, 0.1) is 6.54 Å². The first-order valence-electron chi connectivity index (χ1n) is 8.18. The molecule has 4 N–H and O–H groups in total. The van der Waals surface area contributed by atoms with Crippen LogP contribution in [0.3, 0.4) is 0 Å². The van der Waals surface area contributed by atoms with Crippen LogP contribution in [0.15, 0.2) is 36.4 Å². The van der Waals surface area contributed by atoms with Gasteiger partial charge in [0, 0.05) is 11.8 Å². The number of aromatic nitrogens is 1. The predicted molar refractivity (Wildman–Crippen MR) is 96.6 cm³/mol. The Morgan fingerprint density at radius 3 is 2.80 bits per heavy atom. The maximum absolute atomic E-state index is 12.8. The van der Waals surface area contributed by atoms with Crippen LogP contribution in [0.2, 0.25) is 0 Å². The van der Waals surface area contributed by atoms with Crippen molar-refractivity contribution < 1.29 is 14.3 Å². The summed E-state index contributed by atoms with van der Waals surface area (Å²) in [6.07, 6.45) is -0.551. The number of hydrogen-bond acceptors (Lipinski definition) is 6. The van der Waals surface area contributed by atoms with Crippen molar-refractivity contribution in [2.45, 2.75) is 20.0 Å². The third kappa shape index (κ3) is 3.60. The topological polar surface area (TPSA) is 104 Å². The van der Waals surface area contributed by atoms with Crippen LogP contribution in [-0.4, -0.2) is 30.1 Å². The zero-order valence-electron chi connectivity index (χ0n) is 14.3. The van der Waals surface area contributed by atoms with Crippen LogP contribution in [0.1, 0.15) is 13.8 Å². The first-order valence-corrected chi connectivity index (χ1v) is 8.18. The van der Waals surface area contributed by atoms with Gasteiger partial charge < -0.3 is 20.9 Å². The average molecular weight is 342 g/mol. The molecule has 1 aromatic carbocycles. The molecule has 25 heavy (non-hydrogen) atoms. The molecule has 2 aromatic rings. The molecular weight excluding hydrogens is 320 g/mol. The van der Waals surface area contributed by atoms with Crippen molar-refractivity contribution in [1.82, 2.24) is 4.98 Å². The molecule has 1 atom stereocenters.